The first kappa shape index (κ1) is 19.0. The molecule has 0 aliphatic carbocycles. The summed E-state index contributed by atoms with van der Waals surface area (Å²) in [5, 5.41) is 19.2. The van der Waals surface area contributed by atoms with E-state index in [1.54, 1.807) is 4.90 Å². The summed E-state index contributed by atoms with van der Waals surface area (Å²) in [5.74, 6) is 0.482. The number of halogens is 1. The molecule has 0 spiro atoms. The summed E-state index contributed by atoms with van der Waals surface area (Å²) in [6.45, 7) is 4.89. The summed E-state index contributed by atoms with van der Waals surface area (Å²) in [6.07, 6.45) is 3.10. The molecule has 0 bridgehead atoms. The number of hydrogen-bond donors (Lipinski definition) is 5. The quantitative estimate of drug-likeness (QED) is 0.459. The van der Waals surface area contributed by atoms with Crippen molar-refractivity contribution < 1.29 is 10.1 Å². The number of benzene rings is 1. The molecule has 144 valence electrons. The van der Waals surface area contributed by atoms with Gasteiger partial charge in [0.1, 0.15) is 12.7 Å². The Morgan fingerprint density at radius 2 is 2.26 bits per heavy atom. The van der Waals surface area contributed by atoms with Crippen LogP contribution in [0.1, 0.15) is 18.1 Å². The zero-order valence-electron chi connectivity index (χ0n) is 15.1. The predicted molar refractivity (Wildman–Crippen MR) is 104 cm³/mol. The van der Waals surface area contributed by atoms with E-state index in [0.717, 1.165) is 16.8 Å². The molecule has 6 N–H and O–H groups in total. The van der Waals surface area contributed by atoms with E-state index in [1.807, 2.05) is 38.1 Å². The Kier molecular flexibility index (Phi) is 5.52. The summed E-state index contributed by atoms with van der Waals surface area (Å²) < 4.78 is 0. The van der Waals surface area contributed by atoms with Gasteiger partial charge in [0.25, 0.3) is 0 Å². The largest absolute Gasteiger partial charge is 0.381 e. The number of nitrogens with one attached hydrogen (secondary N) is 3. The molecule has 1 aromatic carbocycles. The van der Waals surface area contributed by atoms with Crippen LogP contribution in [0.2, 0.25) is 5.02 Å². The number of rotatable bonds is 6. The summed E-state index contributed by atoms with van der Waals surface area (Å²) in [5.41, 5.74) is 8.53. The van der Waals surface area contributed by atoms with Crippen LogP contribution < -0.4 is 21.7 Å². The number of nitrogens with two attached hydrogens (primary N) is 1. The van der Waals surface area contributed by atoms with Crippen molar-refractivity contribution in [2.75, 3.05) is 13.1 Å². The van der Waals surface area contributed by atoms with E-state index in [4.69, 9.17) is 17.3 Å². The Labute approximate surface area is 162 Å². The third-order valence-corrected chi connectivity index (χ3v) is 4.95. The monoisotopic (exact) mass is 392 g/mol. The van der Waals surface area contributed by atoms with Crippen LogP contribution in [-0.4, -0.2) is 46.4 Å². The van der Waals surface area contributed by atoms with Crippen molar-refractivity contribution in [3.05, 3.63) is 57.4 Å². The second kappa shape index (κ2) is 7.85. The number of aliphatic imine (C=N–C) groups is 1. The molecule has 27 heavy (non-hydrogen) atoms. The normalized spacial score (nSPS) is 21.7. The lowest BCUT2D eigenvalue weighted by Crippen LogP contribution is -2.51. The molecular weight excluding hydrogens is 370 g/mol. The smallest absolute Gasteiger partial charge is 0.370 e. The van der Waals surface area contributed by atoms with Crippen LogP contribution in [0.5, 0.6) is 0 Å². The molecule has 0 aromatic heterocycles. The molecule has 0 saturated heterocycles. The van der Waals surface area contributed by atoms with Gasteiger partial charge < -0.3 is 21.6 Å². The molecular formula is C17H23ClN7O2+. The van der Waals surface area contributed by atoms with Gasteiger partial charge in [-0.1, -0.05) is 23.7 Å². The second-order valence-corrected chi connectivity index (χ2v) is 6.76. The Hall–Kier alpha value is -2.78. The summed E-state index contributed by atoms with van der Waals surface area (Å²) in [6, 6.07) is 5.66. The third kappa shape index (κ3) is 4.15. The van der Waals surface area contributed by atoms with E-state index in [2.05, 4.69) is 20.9 Å². The van der Waals surface area contributed by atoms with Gasteiger partial charge in [-0.05, 0) is 36.5 Å². The fourth-order valence-electron chi connectivity index (χ4n) is 3.08. The van der Waals surface area contributed by atoms with E-state index in [-0.39, 0.29) is 23.1 Å². The van der Waals surface area contributed by atoms with Crippen LogP contribution in [0.4, 0.5) is 0 Å². The van der Waals surface area contributed by atoms with Gasteiger partial charge in [-0.25, -0.2) is 9.89 Å². The first-order valence-corrected chi connectivity index (χ1v) is 8.95. The first-order chi connectivity index (χ1) is 12.9. The highest BCUT2D eigenvalue weighted by molar-refractivity contribution is 6.31. The number of hydrogen-bond acceptors (Lipinski definition) is 7. The van der Waals surface area contributed by atoms with Crippen molar-refractivity contribution in [1.29, 1.82) is 0 Å². The molecule has 2 aliphatic rings. The van der Waals surface area contributed by atoms with Crippen molar-refractivity contribution in [2.45, 2.75) is 26.2 Å². The Bertz CT molecular complexity index is 837. The minimum absolute atomic E-state index is 0.0865. The zero-order chi connectivity index (χ0) is 19.6. The third-order valence-electron chi connectivity index (χ3n) is 4.54. The average Bonchev–Trinajstić information content (AvgIpc) is 2.98. The van der Waals surface area contributed by atoms with Crippen LogP contribution in [0.3, 0.4) is 0 Å². The molecule has 9 nitrogen and oxygen atoms in total. The van der Waals surface area contributed by atoms with Crippen LogP contribution in [0, 0.1) is 11.8 Å². The lowest BCUT2D eigenvalue weighted by atomic mass is 10.0. The topological polar surface area (TPSA) is 118 Å². The fraction of sp³-hybridized carbons (Fsp3) is 0.353. The van der Waals surface area contributed by atoms with E-state index in [1.165, 1.54) is 6.20 Å². The Balaban J connectivity index is 1.66. The van der Waals surface area contributed by atoms with Gasteiger partial charge in [0.15, 0.2) is 17.0 Å². The van der Waals surface area contributed by atoms with Crippen molar-refractivity contribution in [1.82, 2.24) is 20.9 Å². The van der Waals surface area contributed by atoms with Gasteiger partial charge in [-0.3, -0.25) is 5.32 Å². The van der Waals surface area contributed by atoms with Crippen LogP contribution >= 0.6 is 11.6 Å². The summed E-state index contributed by atoms with van der Waals surface area (Å²) >= 11 is 6.21. The lowest BCUT2D eigenvalue weighted by Gasteiger charge is -2.24. The number of nitrogens with zero attached hydrogens (tertiary/aromatic N) is 3. The molecule has 2 heterocycles. The highest BCUT2D eigenvalue weighted by atomic mass is 35.5. The molecule has 0 radical (unpaired) electrons. The lowest BCUT2D eigenvalue weighted by molar-refractivity contribution is -0.764. The minimum atomic E-state index is -0.230. The SMILES string of the molecule is Cc1c(Cl)cccc1C1=CC(NCCN2C([N+](=O)O)=CNC2C)NC(N)=N1. The molecule has 2 atom stereocenters. The van der Waals surface area contributed by atoms with Crippen LogP contribution in [0.15, 0.2) is 41.3 Å². The van der Waals surface area contributed by atoms with Crippen molar-refractivity contribution in [2.24, 2.45) is 10.7 Å². The predicted octanol–water partition coefficient (Wildman–Crippen LogP) is 1.04. The number of guanidine groups is 1. The van der Waals surface area contributed by atoms with Crippen molar-refractivity contribution >= 4 is 23.3 Å². The minimum Gasteiger partial charge on any atom is -0.370 e. The molecule has 10 heteroatoms. The Morgan fingerprint density at radius 1 is 1.48 bits per heavy atom. The van der Waals surface area contributed by atoms with Crippen LogP contribution in [-0.2, 0) is 0 Å². The summed E-state index contributed by atoms with van der Waals surface area (Å²) in [7, 11) is 0. The van der Waals surface area contributed by atoms with E-state index >= 15 is 0 Å². The molecule has 0 fully saturated rings. The maximum Gasteiger partial charge on any atom is 0.381 e. The molecule has 0 saturated carbocycles. The second-order valence-electron chi connectivity index (χ2n) is 6.35. The molecule has 2 unspecified atom stereocenters. The van der Waals surface area contributed by atoms with Gasteiger partial charge in [0, 0.05) is 17.1 Å². The molecule has 1 aromatic rings. The van der Waals surface area contributed by atoms with Crippen molar-refractivity contribution in [3.63, 3.8) is 0 Å². The van der Waals surface area contributed by atoms with E-state index in [9.17, 15) is 10.1 Å². The van der Waals surface area contributed by atoms with Gasteiger partial charge in [-0.15, -0.1) is 0 Å². The zero-order valence-corrected chi connectivity index (χ0v) is 15.9. The maximum absolute atomic E-state index is 11.2. The van der Waals surface area contributed by atoms with E-state index in [0.29, 0.717) is 24.1 Å². The molecule has 0 amide bonds. The first-order valence-electron chi connectivity index (χ1n) is 8.57. The molecule has 3 rings (SSSR count). The van der Waals surface area contributed by atoms with Gasteiger partial charge in [-0.2, -0.15) is 0 Å². The fourth-order valence-corrected chi connectivity index (χ4v) is 3.26. The standard InChI is InChI=1S/C17H23ClN7O2/c1-10-12(4-3-5-13(10)18)14-8-15(23-17(19)22-14)20-6-7-24-11(2)21-9-16(24)25(26)27/h3-5,8-9,11,15,20-21H,6-7H2,1-2H3,(H,26,27)(H3,19,22,23)/q+1. The van der Waals surface area contributed by atoms with Gasteiger partial charge in [0.2, 0.25) is 0 Å². The highest BCUT2D eigenvalue weighted by Gasteiger charge is 2.34. The van der Waals surface area contributed by atoms with Gasteiger partial charge >= 0.3 is 5.82 Å². The molecule has 2 aliphatic heterocycles. The van der Waals surface area contributed by atoms with E-state index < -0.39 is 0 Å². The Morgan fingerprint density at radius 3 is 3.00 bits per heavy atom. The highest BCUT2D eigenvalue weighted by Crippen LogP contribution is 2.27. The summed E-state index contributed by atoms with van der Waals surface area (Å²) in [4.78, 5) is 17.2. The average molecular weight is 393 g/mol. The van der Waals surface area contributed by atoms with Gasteiger partial charge in [0.05, 0.1) is 11.9 Å². The van der Waals surface area contributed by atoms with Crippen LogP contribution in [0.25, 0.3) is 5.70 Å². The van der Waals surface area contributed by atoms with Crippen molar-refractivity contribution in [3.8, 4) is 0 Å². The maximum atomic E-state index is 11.2.